The van der Waals surface area contributed by atoms with Crippen molar-refractivity contribution in [1.29, 1.82) is 0 Å². The number of nitrogens with one attached hydrogen (secondary N) is 1. The van der Waals surface area contributed by atoms with Gasteiger partial charge in [0.1, 0.15) is 5.52 Å². The summed E-state index contributed by atoms with van der Waals surface area (Å²) in [6, 6.07) is 6.48. The fraction of sp³-hybridized carbons (Fsp3) is 0.562. The minimum atomic E-state index is 0.329. The van der Waals surface area contributed by atoms with Gasteiger partial charge in [-0.15, -0.1) is 0 Å². The Hall–Kier alpha value is -1.75. The van der Waals surface area contributed by atoms with Gasteiger partial charge in [-0.3, -0.25) is 0 Å². The molecular weight excluding hydrogens is 264 g/mol. The Morgan fingerprint density at radius 3 is 2.76 bits per heavy atom. The van der Waals surface area contributed by atoms with Gasteiger partial charge in [0.05, 0.1) is 5.69 Å². The molecule has 21 heavy (non-hydrogen) atoms. The Labute approximate surface area is 126 Å². The van der Waals surface area contributed by atoms with Crippen molar-refractivity contribution in [2.45, 2.75) is 39.7 Å². The highest BCUT2D eigenvalue weighted by molar-refractivity contribution is 5.86. The van der Waals surface area contributed by atoms with Gasteiger partial charge in [0, 0.05) is 6.04 Å². The van der Waals surface area contributed by atoms with Crippen LogP contribution in [0.5, 0.6) is 0 Å². The van der Waals surface area contributed by atoms with E-state index >= 15 is 0 Å². The normalized spacial score (nSPS) is 13.0. The minimum absolute atomic E-state index is 0.329. The molecule has 0 fully saturated rings. The van der Waals surface area contributed by atoms with Crippen LogP contribution in [0.3, 0.4) is 0 Å². The van der Waals surface area contributed by atoms with Gasteiger partial charge in [-0.25, -0.2) is 0 Å². The molecule has 5 nitrogen and oxygen atoms in total. The third kappa shape index (κ3) is 4.11. The van der Waals surface area contributed by atoms with Crippen LogP contribution in [-0.2, 0) is 0 Å². The van der Waals surface area contributed by atoms with Crippen LogP contribution in [0.25, 0.3) is 11.1 Å². The topological polar surface area (TPSA) is 67.3 Å². The molecule has 0 spiro atoms. The number of para-hydroxylation sites is 1. The first-order valence-electron chi connectivity index (χ1n) is 7.78. The summed E-state index contributed by atoms with van der Waals surface area (Å²) in [6.45, 7) is 9.92. The number of hydrogen-bond acceptors (Lipinski definition) is 5. The summed E-state index contributed by atoms with van der Waals surface area (Å²) in [5, 5.41) is 3.32. The average molecular weight is 290 g/mol. The van der Waals surface area contributed by atoms with Gasteiger partial charge in [0.2, 0.25) is 0 Å². The van der Waals surface area contributed by atoms with Crippen LogP contribution in [0.2, 0.25) is 0 Å². The van der Waals surface area contributed by atoms with Crippen molar-refractivity contribution in [2.75, 3.05) is 30.7 Å². The second kappa shape index (κ2) is 7.31. The summed E-state index contributed by atoms with van der Waals surface area (Å²) < 4.78 is 5.68. The second-order valence-electron chi connectivity index (χ2n) is 5.43. The van der Waals surface area contributed by atoms with Crippen LogP contribution in [0.1, 0.15) is 33.6 Å². The monoisotopic (exact) mass is 290 g/mol. The fourth-order valence-electron chi connectivity index (χ4n) is 2.48. The Balaban J connectivity index is 1.86. The van der Waals surface area contributed by atoms with Crippen molar-refractivity contribution < 1.29 is 4.42 Å². The van der Waals surface area contributed by atoms with Crippen LogP contribution in [0, 0.1) is 0 Å². The Kier molecular flexibility index (Phi) is 5.44. The van der Waals surface area contributed by atoms with E-state index in [1.807, 2.05) is 18.2 Å². The number of nitrogens with zero attached hydrogens (tertiary/aromatic N) is 2. The highest BCUT2D eigenvalue weighted by atomic mass is 16.4. The van der Waals surface area contributed by atoms with Crippen LogP contribution in [0.4, 0.5) is 11.7 Å². The molecule has 0 saturated carbocycles. The van der Waals surface area contributed by atoms with E-state index in [2.05, 4.69) is 36.0 Å². The summed E-state index contributed by atoms with van der Waals surface area (Å²) in [5.41, 5.74) is 8.00. The Morgan fingerprint density at radius 1 is 1.33 bits per heavy atom. The van der Waals surface area contributed by atoms with Crippen LogP contribution in [0.15, 0.2) is 22.6 Å². The van der Waals surface area contributed by atoms with Crippen molar-refractivity contribution >= 4 is 22.8 Å². The molecule has 1 aromatic heterocycles. The Morgan fingerprint density at radius 2 is 2.10 bits per heavy atom. The number of anilines is 2. The van der Waals surface area contributed by atoms with Gasteiger partial charge in [-0.2, -0.15) is 4.98 Å². The zero-order valence-corrected chi connectivity index (χ0v) is 13.2. The molecule has 3 N–H and O–H groups in total. The summed E-state index contributed by atoms with van der Waals surface area (Å²) in [7, 11) is 0. The van der Waals surface area contributed by atoms with E-state index < -0.39 is 0 Å². The van der Waals surface area contributed by atoms with Gasteiger partial charge < -0.3 is 20.4 Å². The quantitative estimate of drug-likeness (QED) is 0.730. The lowest BCUT2D eigenvalue weighted by Crippen LogP contribution is -2.25. The van der Waals surface area contributed by atoms with Gasteiger partial charge in [0.25, 0.3) is 6.01 Å². The minimum Gasteiger partial charge on any atom is -0.423 e. The highest BCUT2D eigenvalue weighted by Crippen LogP contribution is 2.24. The fourth-order valence-corrected chi connectivity index (χ4v) is 2.48. The van der Waals surface area contributed by atoms with E-state index in [0.29, 0.717) is 17.7 Å². The number of fused-ring (bicyclic) bond motifs is 1. The molecule has 1 heterocycles. The maximum Gasteiger partial charge on any atom is 0.295 e. The van der Waals surface area contributed by atoms with Crippen LogP contribution in [-0.4, -0.2) is 35.6 Å². The third-order valence-corrected chi connectivity index (χ3v) is 3.83. The van der Waals surface area contributed by atoms with E-state index in [1.165, 1.54) is 0 Å². The molecule has 2 aromatic rings. The number of aromatic nitrogens is 1. The zero-order valence-electron chi connectivity index (χ0n) is 13.2. The number of rotatable bonds is 8. The van der Waals surface area contributed by atoms with Gasteiger partial charge in [-0.05, 0) is 51.5 Å². The van der Waals surface area contributed by atoms with E-state index in [4.69, 9.17) is 10.2 Å². The Bertz CT molecular complexity index is 562. The molecule has 116 valence electrons. The zero-order chi connectivity index (χ0) is 15.2. The highest BCUT2D eigenvalue weighted by Gasteiger charge is 2.10. The number of nitrogens with two attached hydrogens (primary N) is 1. The lowest BCUT2D eigenvalue weighted by atomic mass is 10.2. The molecular formula is C16H26N4O. The number of nitrogen functional groups attached to an aromatic ring is 1. The van der Waals surface area contributed by atoms with E-state index in [9.17, 15) is 0 Å². The molecule has 0 amide bonds. The third-order valence-electron chi connectivity index (χ3n) is 3.83. The van der Waals surface area contributed by atoms with Gasteiger partial charge >= 0.3 is 0 Å². The molecule has 0 bridgehead atoms. The van der Waals surface area contributed by atoms with Crippen molar-refractivity contribution in [2.24, 2.45) is 0 Å². The molecule has 1 aromatic carbocycles. The van der Waals surface area contributed by atoms with Crippen molar-refractivity contribution in [3.63, 3.8) is 0 Å². The molecule has 0 aliphatic carbocycles. The van der Waals surface area contributed by atoms with Crippen LogP contribution >= 0.6 is 0 Å². The lowest BCUT2D eigenvalue weighted by Gasteiger charge is -2.19. The summed E-state index contributed by atoms with van der Waals surface area (Å²) >= 11 is 0. The lowest BCUT2D eigenvalue weighted by molar-refractivity contribution is 0.295. The van der Waals surface area contributed by atoms with Crippen molar-refractivity contribution in [3.8, 4) is 0 Å². The average Bonchev–Trinajstić information content (AvgIpc) is 2.87. The molecule has 1 atom stereocenters. The molecule has 2 rings (SSSR count). The number of hydrogen-bond donors (Lipinski definition) is 2. The number of oxazole rings is 1. The first-order valence-corrected chi connectivity index (χ1v) is 7.78. The predicted octanol–water partition coefficient (Wildman–Crippen LogP) is 3.33. The molecule has 0 radical (unpaired) electrons. The number of benzene rings is 1. The smallest absolute Gasteiger partial charge is 0.295 e. The summed E-state index contributed by atoms with van der Waals surface area (Å²) in [4.78, 5) is 6.85. The predicted molar refractivity (Wildman–Crippen MR) is 88.5 cm³/mol. The molecule has 0 aliphatic heterocycles. The maximum atomic E-state index is 5.89. The van der Waals surface area contributed by atoms with Crippen LogP contribution < -0.4 is 11.1 Å². The van der Waals surface area contributed by atoms with E-state index in [0.717, 1.165) is 43.6 Å². The largest absolute Gasteiger partial charge is 0.423 e. The molecule has 5 heteroatoms. The van der Waals surface area contributed by atoms with Crippen molar-refractivity contribution in [1.82, 2.24) is 9.88 Å². The van der Waals surface area contributed by atoms with Crippen molar-refractivity contribution in [3.05, 3.63) is 18.2 Å². The van der Waals surface area contributed by atoms with E-state index in [-0.39, 0.29) is 0 Å². The van der Waals surface area contributed by atoms with E-state index in [1.54, 1.807) is 0 Å². The summed E-state index contributed by atoms with van der Waals surface area (Å²) in [6.07, 6.45) is 2.25. The first kappa shape index (κ1) is 15.6. The van der Waals surface area contributed by atoms with Gasteiger partial charge in [-0.1, -0.05) is 19.9 Å². The molecule has 0 aliphatic rings. The standard InChI is InChI=1S/C16H26N4O/c1-4-20(5-2)11-7-8-12(3)18-16-19-15-13(17)9-6-10-14(15)21-16/h6,9-10,12H,4-5,7-8,11,17H2,1-3H3,(H,18,19). The maximum absolute atomic E-state index is 5.89. The first-order chi connectivity index (χ1) is 10.1. The van der Waals surface area contributed by atoms with Gasteiger partial charge in [0.15, 0.2) is 5.58 Å². The molecule has 0 saturated heterocycles. The SMILES string of the molecule is CCN(CC)CCCC(C)Nc1nc2c(N)cccc2o1. The molecule has 1 unspecified atom stereocenters. The summed E-state index contributed by atoms with van der Waals surface area (Å²) in [5.74, 6) is 0. The second-order valence-corrected chi connectivity index (χ2v) is 5.43.